The van der Waals surface area contributed by atoms with Crippen LogP contribution in [0.25, 0.3) is 6.08 Å². The van der Waals surface area contributed by atoms with Crippen molar-refractivity contribution in [3.8, 4) is 17.2 Å². The van der Waals surface area contributed by atoms with Gasteiger partial charge in [-0.15, -0.1) is 0 Å². The van der Waals surface area contributed by atoms with E-state index < -0.39 is 5.60 Å². The number of phenolic OH excluding ortho intramolecular Hbond substituents is 1. The largest absolute Gasteiger partial charge is 0.504 e. The summed E-state index contributed by atoms with van der Waals surface area (Å²) >= 11 is 0. The van der Waals surface area contributed by atoms with Crippen LogP contribution in [0.5, 0.6) is 17.2 Å². The van der Waals surface area contributed by atoms with E-state index in [4.69, 9.17) is 9.47 Å². The standard InChI is InChI=1S/C12H14O4/c1-12(7-13)4-3-8-5-11(15-2)9(14)6-10(8)16-12/h3-6,13-14H,7H2,1-2H3. The van der Waals surface area contributed by atoms with E-state index in [1.165, 1.54) is 13.2 Å². The van der Waals surface area contributed by atoms with E-state index in [-0.39, 0.29) is 12.4 Å². The van der Waals surface area contributed by atoms with Gasteiger partial charge in [-0.25, -0.2) is 0 Å². The molecule has 2 rings (SSSR count). The lowest BCUT2D eigenvalue weighted by atomic mass is 10.0. The van der Waals surface area contributed by atoms with Crippen molar-refractivity contribution in [2.45, 2.75) is 12.5 Å². The van der Waals surface area contributed by atoms with Gasteiger partial charge in [0.1, 0.15) is 11.4 Å². The first-order valence-electron chi connectivity index (χ1n) is 4.98. The predicted octanol–water partition coefficient (Wildman–Crippen LogP) is 1.56. The van der Waals surface area contributed by atoms with E-state index in [0.717, 1.165) is 5.56 Å². The second kappa shape index (κ2) is 3.72. The number of ether oxygens (including phenoxy) is 2. The zero-order chi connectivity index (χ0) is 11.8. The van der Waals surface area contributed by atoms with Gasteiger partial charge in [0.15, 0.2) is 11.5 Å². The van der Waals surface area contributed by atoms with Crippen LogP contribution < -0.4 is 9.47 Å². The van der Waals surface area contributed by atoms with Crippen LogP contribution in [-0.2, 0) is 0 Å². The van der Waals surface area contributed by atoms with E-state index in [2.05, 4.69) is 0 Å². The molecule has 16 heavy (non-hydrogen) atoms. The van der Waals surface area contributed by atoms with Gasteiger partial charge in [0.05, 0.1) is 13.7 Å². The van der Waals surface area contributed by atoms with Gasteiger partial charge >= 0.3 is 0 Å². The molecule has 0 fully saturated rings. The maximum absolute atomic E-state index is 9.62. The SMILES string of the molecule is COc1cc2c(cc1O)OC(C)(CO)C=C2. The van der Waals surface area contributed by atoms with Crippen LogP contribution in [0, 0.1) is 0 Å². The molecule has 0 amide bonds. The fourth-order valence-corrected chi connectivity index (χ4v) is 1.58. The van der Waals surface area contributed by atoms with E-state index in [0.29, 0.717) is 11.5 Å². The first-order valence-corrected chi connectivity index (χ1v) is 4.98. The minimum atomic E-state index is -0.728. The number of fused-ring (bicyclic) bond motifs is 1. The Labute approximate surface area is 93.7 Å². The van der Waals surface area contributed by atoms with Crippen molar-refractivity contribution < 1.29 is 19.7 Å². The summed E-state index contributed by atoms with van der Waals surface area (Å²) in [5.41, 5.74) is 0.0918. The number of methoxy groups -OCH3 is 1. The van der Waals surface area contributed by atoms with Crippen LogP contribution >= 0.6 is 0 Å². The molecular weight excluding hydrogens is 208 g/mol. The molecule has 1 aromatic rings. The Hall–Kier alpha value is -1.68. The predicted molar refractivity (Wildman–Crippen MR) is 59.8 cm³/mol. The van der Waals surface area contributed by atoms with Gasteiger partial charge in [-0.05, 0) is 19.1 Å². The molecule has 1 heterocycles. The summed E-state index contributed by atoms with van der Waals surface area (Å²) in [6, 6.07) is 3.18. The number of phenols is 1. The first-order chi connectivity index (χ1) is 7.58. The van der Waals surface area contributed by atoms with E-state index in [1.807, 2.05) is 6.08 Å². The van der Waals surface area contributed by atoms with Crippen LogP contribution in [-0.4, -0.2) is 29.5 Å². The molecule has 0 saturated heterocycles. The second-order valence-electron chi connectivity index (χ2n) is 3.97. The lowest BCUT2D eigenvalue weighted by molar-refractivity contribution is 0.0638. The van der Waals surface area contributed by atoms with Crippen molar-refractivity contribution in [1.29, 1.82) is 0 Å². The van der Waals surface area contributed by atoms with Crippen molar-refractivity contribution in [3.63, 3.8) is 0 Å². The number of benzene rings is 1. The fraction of sp³-hybridized carbons (Fsp3) is 0.333. The zero-order valence-electron chi connectivity index (χ0n) is 9.23. The fourth-order valence-electron chi connectivity index (χ4n) is 1.58. The Kier molecular flexibility index (Phi) is 2.52. The molecule has 0 aliphatic carbocycles. The monoisotopic (exact) mass is 222 g/mol. The zero-order valence-corrected chi connectivity index (χ0v) is 9.23. The molecule has 86 valence electrons. The van der Waals surface area contributed by atoms with Gasteiger partial charge in [-0.2, -0.15) is 0 Å². The average molecular weight is 222 g/mol. The number of rotatable bonds is 2. The number of hydrogen-bond donors (Lipinski definition) is 2. The van der Waals surface area contributed by atoms with Crippen LogP contribution in [0.15, 0.2) is 18.2 Å². The third kappa shape index (κ3) is 1.72. The highest BCUT2D eigenvalue weighted by molar-refractivity contribution is 5.65. The van der Waals surface area contributed by atoms with E-state index >= 15 is 0 Å². The molecule has 0 spiro atoms. The summed E-state index contributed by atoms with van der Waals surface area (Å²) in [6.45, 7) is 1.66. The Morgan fingerprint density at radius 1 is 1.44 bits per heavy atom. The van der Waals surface area contributed by atoms with Crippen LogP contribution in [0.2, 0.25) is 0 Å². The molecule has 1 unspecified atom stereocenters. The minimum absolute atomic E-state index is 0.0249. The third-order valence-corrected chi connectivity index (χ3v) is 2.58. The summed E-state index contributed by atoms with van der Waals surface area (Å²) < 4.78 is 10.6. The van der Waals surface area contributed by atoms with Crippen molar-refractivity contribution >= 4 is 6.08 Å². The Morgan fingerprint density at radius 2 is 2.19 bits per heavy atom. The number of aromatic hydroxyl groups is 1. The maximum Gasteiger partial charge on any atom is 0.161 e. The summed E-state index contributed by atoms with van der Waals surface area (Å²) in [4.78, 5) is 0. The minimum Gasteiger partial charge on any atom is -0.504 e. The molecule has 4 heteroatoms. The summed E-state index contributed by atoms with van der Waals surface area (Å²) in [5.74, 6) is 0.966. The molecule has 1 aromatic carbocycles. The normalized spacial score (nSPS) is 22.4. The van der Waals surface area contributed by atoms with Crippen LogP contribution in [0.1, 0.15) is 12.5 Å². The Balaban J connectivity index is 2.44. The average Bonchev–Trinajstić information content (AvgIpc) is 2.28. The maximum atomic E-state index is 9.62. The highest BCUT2D eigenvalue weighted by Gasteiger charge is 2.27. The lowest BCUT2D eigenvalue weighted by Crippen LogP contribution is -2.35. The Morgan fingerprint density at radius 3 is 2.81 bits per heavy atom. The van der Waals surface area contributed by atoms with Gasteiger partial charge in [0.2, 0.25) is 0 Å². The summed E-state index contributed by atoms with van der Waals surface area (Å²) in [7, 11) is 1.49. The smallest absolute Gasteiger partial charge is 0.161 e. The summed E-state index contributed by atoms with van der Waals surface area (Å²) in [6.07, 6.45) is 3.63. The highest BCUT2D eigenvalue weighted by atomic mass is 16.5. The van der Waals surface area contributed by atoms with Gasteiger partial charge in [-0.1, -0.05) is 6.08 Å². The number of aliphatic hydroxyl groups is 1. The molecule has 2 N–H and O–H groups in total. The van der Waals surface area contributed by atoms with Crippen molar-refractivity contribution in [1.82, 2.24) is 0 Å². The van der Waals surface area contributed by atoms with Gasteiger partial charge in [-0.3, -0.25) is 0 Å². The molecular formula is C12H14O4. The van der Waals surface area contributed by atoms with Gasteiger partial charge in [0.25, 0.3) is 0 Å². The molecule has 0 aromatic heterocycles. The van der Waals surface area contributed by atoms with Crippen molar-refractivity contribution in [2.75, 3.05) is 13.7 Å². The lowest BCUT2D eigenvalue weighted by Gasteiger charge is -2.29. The molecule has 0 bridgehead atoms. The molecule has 0 radical (unpaired) electrons. The van der Waals surface area contributed by atoms with E-state index in [1.54, 1.807) is 19.1 Å². The van der Waals surface area contributed by atoms with Gasteiger partial charge < -0.3 is 19.7 Å². The van der Waals surface area contributed by atoms with Crippen molar-refractivity contribution in [3.05, 3.63) is 23.8 Å². The van der Waals surface area contributed by atoms with Gasteiger partial charge in [0, 0.05) is 11.6 Å². The van der Waals surface area contributed by atoms with Crippen molar-refractivity contribution in [2.24, 2.45) is 0 Å². The highest BCUT2D eigenvalue weighted by Crippen LogP contribution is 2.38. The molecule has 1 atom stereocenters. The topological polar surface area (TPSA) is 58.9 Å². The van der Waals surface area contributed by atoms with Crippen LogP contribution in [0.3, 0.4) is 0 Å². The third-order valence-electron chi connectivity index (χ3n) is 2.58. The number of aliphatic hydroxyl groups excluding tert-OH is 1. The number of hydrogen-bond acceptors (Lipinski definition) is 4. The van der Waals surface area contributed by atoms with Crippen LogP contribution in [0.4, 0.5) is 0 Å². The first kappa shape index (κ1) is 10.8. The molecule has 4 nitrogen and oxygen atoms in total. The second-order valence-corrected chi connectivity index (χ2v) is 3.97. The summed E-state index contributed by atoms with van der Waals surface area (Å²) in [5, 5.41) is 18.8. The quantitative estimate of drug-likeness (QED) is 0.797. The Bertz CT molecular complexity index is 439. The molecule has 1 aliphatic heterocycles. The molecule has 1 aliphatic rings. The molecule has 0 saturated carbocycles. The van der Waals surface area contributed by atoms with E-state index in [9.17, 15) is 10.2 Å².